The first kappa shape index (κ1) is 8.43. The Balaban J connectivity index is 2.15. The van der Waals surface area contributed by atoms with Crippen LogP contribution in [0, 0.1) is 11.8 Å². The van der Waals surface area contributed by atoms with Crippen LogP contribution < -0.4 is 0 Å². The zero-order valence-corrected chi connectivity index (χ0v) is 8.60. The summed E-state index contributed by atoms with van der Waals surface area (Å²) in [6.45, 7) is 4.55. The summed E-state index contributed by atoms with van der Waals surface area (Å²) in [7, 11) is 0. The number of hydrogen-bond donors (Lipinski definition) is 0. The van der Waals surface area contributed by atoms with Gasteiger partial charge < -0.3 is 0 Å². The molecule has 2 aliphatic rings. The fraction of sp³-hybridized carbons (Fsp3) is 0.636. The average Bonchev–Trinajstić information content (AvgIpc) is 2.49. The van der Waals surface area contributed by atoms with Crippen LogP contribution in [-0.4, -0.2) is 11.0 Å². The summed E-state index contributed by atoms with van der Waals surface area (Å²) in [5.41, 5.74) is 1.54. The molecule has 0 aromatic carbocycles. The van der Waals surface area contributed by atoms with Crippen molar-refractivity contribution in [3.8, 4) is 0 Å². The van der Waals surface area contributed by atoms with Crippen molar-refractivity contribution in [3.63, 3.8) is 0 Å². The smallest absolute Gasteiger partial charge is 0.0293 e. The molecule has 1 heterocycles. The van der Waals surface area contributed by atoms with Gasteiger partial charge in [-0.3, -0.25) is 0 Å². The molecule has 0 spiro atoms. The molecule has 1 aliphatic carbocycles. The van der Waals surface area contributed by atoms with Crippen LogP contribution in [0.25, 0.3) is 0 Å². The molecular formula is C11H16S. The summed E-state index contributed by atoms with van der Waals surface area (Å²) in [5.74, 6) is 2.90. The van der Waals surface area contributed by atoms with Crippen LogP contribution in [0.15, 0.2) is 23.8 Å². The summed E-state index contributed by atoms with van der Waals surface area (Å²) in [6, 6.07) is 0. The summed E-state index contributed by atoms with van der Waals surface area (Å²) in [5, 5.41) is 0.799. The third kappa shape index (κ3) is 1.47. The maximum atomic E-state index is 2.50. The van der Waals surface area contributed by atoms with E-state index >= 15 is 0 Å². The highest BCUT2D eigenvalue weighted by molar-refractivity contribution is 8.00. The molecule has 12 heavy (non-hydrogen) atoms. The molecule has 2 unspecified atom stereocenters. The molecule has 1 heteroatoms. The molecule has 2 atom stereocenters. The molecule has 0 aromatic rings. The van der Waals surface area contributed by atoms with Gasteiger partial charge in [-0.05, 0) is 29.6 Å². The molecule has 1 saturated heterocycles. The minimum Gasteiger partial charge on any atom is -0.154 e. The fourth-order valence-electron chi connectivity index (χ4n) is 1.90. The van der Waals surface area contributed by atoms with Crippen molar-refractivity contribution < 1.29 is 0 Å². The van der Waals surface area contributed by atoms with Crippen molar-refractivity contribution in [2.45, 2.75) is 25.5 Å². The third-order valence-electron chi connectivity index (χ3n) is 2.74. The molecule has 0 N–H and O–H groups in total. The van der Waals surface area contributed by atoms with Crippen LogP contribution >= 0.6 is 11.8 Å². The molecule has 1 fully saturated rings. The predicted octanol–water partition coefficient (Wildman–Crippen LogP) is 3.26. The highest BCUT2D eigenvalue weighted by Gasteiger charge is 2.26. The molecule has 0 aromatic heterocycles. The minimum atomic E-state index is 0.702. The zero-order chi connectivity index (χ0) is 8.55. The number of rotatable bonds is 1. The van der Waals surface area contributed by atoms with Gasteiger partial charge in [0.05, 0.1) is 0 Å². The number of fused-ring (bicyclic) bond motifs is 1. The number of allylic oxidation sites excluding steroid dienone is 3. The average molecular weight is 180 g/mol. The van der Waals surface area contributed by atoms with E-state index in [-0.39, 0.29) is 0 Å². The molecule has 1 aliphatic heterocycles. The normalized spacial score (nSPS) is 33.8. The van der Waals surface area contributed by atoms with Crippen LogP contribution in [-0.2, 0) is 0 Å². The van der Waals surface area contributed by atoms with Crippen molar-refractivity contribution in [2.75, 3.05) is 5.75 Å². The van der Waals surface area contributed by atoms with Crippen molar-refractivity contribution >= 4 is 11.8 Å². The predicted molar refractivity (Wildman–Crippen MR) is 56.4 cm³/mol. The SMILES string of the molecule is CC(C)C1=CC2CCSC2C=C1. The quantitative estimate of drug-likeness (QED) is 0.597. The molecule has 0 bridgehead atoms. The Morgan fingerprint density at radius 1 is 1.50 bits per heavy atom. The number of thioether (sulfide) groups is 1. The van der Waals surface area contributed by atoms with Crippen LogP contribution in [0.2, 0.25) is 0 Å². The zero-order valence-electron chi connectivity index (χ0n) is 7.79. The standard InChI is InChI=1S/C11H16S/c1-8(2)9-3-4-11-10(7-9)5-6-12-11/h3-4,7-8,10-11H,5-6H2,1-2H3. The first-order chi connectivity index (χ1) is 5.77. The van der Waals surface area contributed by atoms with E-state index in [1.807, 2.05) is 0 Å². The topological polar surface area (TPSA) is 0 Å². The fourth-order valence-corrected chi connectivity index (χ4v) is 3.23. The Kier molecular flexibility index (Phi) is 2.31. The molecule has 0 amide bonds. The van der Waals surface area contributed by atoms with Gasteiger partial charge >= 0.3 is 0 Å². The van der Waals surface area contributed by atoms with Crippen LogP contribution in [0.3, 0.4) is 0 Å². The van der Waals surface area contributed by atoms with E-state index in [1.165, 1.54) is 12.2 Å². The van der Waals surface area contributed by atoms with E-state index in [1.54, 1.807) is 5.57 Å². The van der Waals surface area contributed by atoms with Gasteiger partial charge in [-0.15, -0.1) is 0 Å². The first-order valence-electron chi connectivity index (χ1n) is 4.79. The highest BCUT2D eigenvalue weighted by Crippen LogP contribution is 2.38. The van der Waals surface area contributed by atoms with Crippen molar-refractivity contribution in [3.05, 3.63) is 23.8 Å². The van der Waals surface area contributed by atoms with Crippen LogP contribution in [0.5, 0.6) is 0 Å². The van der Waals surface area contributed by atoms with Gasteiger partial charge in [0.1, 0.15) is 0 Å². The lowest BCUT2D eigenvalue weighted by Crippen LogP contribution is -2.11. The first-order valence-corrected chi connectivity index (χ1v) is 5.84. The highest BCUT2D eigenvalue weighted by atomic mass is 32.2. The van der Waals surface area contributed by atoms with Gasteiger partial charge in [-0.2, -0.15) is 11.8 Å². The Hall–Kier alpha value is -0.170. The third-order valence-corrected chi connectivity index (χ3v) is 4.10. The second kappa shape index (κ2) is 3.29. The second-order valence-electron chi connectivity index (χ2n) is 3.97. The van der Waals surface area contributed by atoms with Crippen LogP contribution in [0.1, 0.15) is 20.3 Å². The Morgan fingerprint density at radius 3 is 3.08 bits per heavy atom. The molecule has 2 rings (SSSR count). The van der Waals surface area contributed by atoms with Crippen molar-refractivity contribution in [1.29, 1.82) is 0 Å². The van der Waals surface area contributed by atoms with Gasteiger partial charge in [-0.1, -0.05) is 32.1 Å². The lowest BCUT2D eigenvalue weighted by atomic mass is 9.89. The van der Waals surface area contributed by atoms with E-state index in [9.17, 15) is 0 Å². The van der Waals surface area contributed by atoms with E-state index in [0.29, 0.717) is 5.92 Å². The molecular weight excluding hydrogens is 164 g/mol. The van der Waals surface area contributed by atoms with Crippen molar-refractivity contribution in [2.24, 2.45) is 11.8 Å². The Labute approximate surface area is 79.1 Å². The molecule has 0 saturated carbocycles. The molecule has 66 valence electrons. The lowest BCUT2D eigenvalue weighted by molar-refractivity contribution is 0.654. The summed E-state index contributed by atoms with van der Waals surface area (Å²) >= 11 is 2.11. The largest absolute Gasteiger partial charge is 0.154 e. The lowest BCUT2D eigenvalue weighted by Gasteiger charge is -2.19. The van der Waals surface area contributed by atoms with Gasteiger partial charge in [0.25, 0.3) is 0 Å². The van der Waals surface area contributed by atoms with Gasteiger partial charge in [0.2, 0.25) is 0 Å². The number of hydrogen-bond acceptors (Lipinski definition) is 1. The van der Waals surface area contributed by atoms with E-state index in [4.69, 9.17) is 0 Å². The van der Waals surface area contributed by atoms with E-state index < -0.39 is 0 Å². The van der Waals surface area contributed by atoms with Gasteiger partial charge in [0, 0.05) is 5.25 Å². The monoisotopic (exact) mass is 180 g/mol. The van der Waals surface area contributed by atoms with Gasteiger partial charge in [-0.25, -0.2) is 0 Å². The van der Waals surface area contributed by atoms with Crippen LogP contribution in [0.4, 0.5) is 0 Å². The summed E-state index contributed by atoms with van der Waals surface area (Å²) in [4.78, 5) is 0. The second-order valence-corrected chi connectivity index (χ2v) is 5.25. The minimum absolute atomic E-state index is 0.702. The summed E-state index contributed by atoms with van der Waals surface area (Å²) < 4.78 is 0. The van der Waals surface area contributed by atoms with E-state index in [0.717, 1.165) is 11.2 Å². The Bertz CT molecular complexity index is 225. The molecule has 0 radical (unpaired) electrons. The van der Waals surface area contributed by atoms with E-state index in [2.05, 4.69) is 43.8 Å². The maximum Gasteiger partial charge on any atom is 0.0293 e. The van der Waals surface area contributed by atoms with Gasteiger partial charge in [0.15, 0.2) is 0 Å². The maximum absolute atomic E-state index is 2.50. The van der Waals surface area contributed by atoms with Crippen molar-refractivity contribution in [1.82, 2.24) is 0 Å². The Morgan fingerprint density at radius 2 is 2.33 bits per heavy atom. The molecule has 0 nitrogen and oxygen atoms in total. The summed E-state index contributed by atoms with van der Waals surface area (Å²) in [6.07, 6.45) is 8.60.